The Morgan fingerprint density at radius 3 is 2.41 bits per heavy atom. The van der Waals surface area contributed by atoms with Crippen LogP contribution in [0.2, 0.25) is 0 Å². The van der Waals surface area contributed by atoms with Crippen LogP contribution in [0.25, 0.3) is 16.9 Å². The van der Waals surface area contributed by atoms with E-state index in [1.807, 2.05) is 6.07 Å². The lowest BCUT2D eigenvalue weighted by atomic mass is 10.0. The molecule has 0 atom stereocenters. The van der Waals surface area contributed by atoms with E-state index in [1.165, 1.54) is 25.0 Å². The number of aromatic hydroxyl groups is 1. The van der Waals surface area contributed by atoms with Gasteiger partial charge in [0.1, 0.15) is 17.0 Å². The van der Waals surface area contributed by atoms with E-state index >= 15 is 0 Å². The van der Waals surface area contributed by atoms with Crippen LogP contribution in [-0.2, 0) is 15.9 Å². The first-order chi connectivity index (χ1) is 14.0. The summed E-state index contributed by atoms with van der Waals surface area (Å²) in [6.07, 6.45) is 2.08. The topological polar surface area (TPSA) is 90.7 Å². The summed E-state index contributed by atoms with van der Waals surface area (Å²) in [6.45, 7) is 3.68. The molecule has 7 nitrogen and oxygen atoms in total. The Balaban J connectivity index is 2.34. The number of ether oxygens (including phenoxy) is 2. The zero-order valence-electron chi connectivity index (χ0n) is 16.1. The van der Waals surface area contributed by atoms with Crippen LogP contribution >= 0.6 is 0 Å². The second kappa shape index (κ2) is 8.43. The van der Waals surface area contributed by atoms with Crippen LogP contribution in [0.3, 0.4) is 0 Å². The number of allylic oxidation sites excluding steroid dienone is 1. The molecule has 0 aliphatic heterocycles. The van der Waals surface area contributed by atoms with E-state index in [4.69, 9.17) is 9.47 Å². The smallest absolute Gasteiger partial charge is 0.357 e. The number of para-hydroxylation sites is 1. The molecule has 7 heteroatoms. The molecular formula is C22H20N2O5. The molecule has 148 valence electrons. The molecule has 0 unspecified atom stereocenters. The molecule has 0 saturated heterocycles. The lowest BCUT2D eigenvalue weighted by molar-refractivity contribution is 0.0549. The lowest BCUT2D eigenvalue weighted by Gasteiger charge is -2.07. The Morgan fingerprint density at radius 2 is 1.79 bits per heavy atom. The predicted octanol–water partition coefficient (Wildman–Crippen LogP) is 3.55. The fourth-order valence-corrected chi connectivity index (χ4v) is 3.01. The first-order valence-corrected chi connectivity index (χ1v) is 8.80. The van der Waals surface area contributed by atoms with Gasteiger partial charge in [-0.15, -0.1) is 6.58 Å². The van der Waals surface area contributed by atoms with Crippen molar-refractivity contribution in [3.05, 3.63) is 78.0 Å². The number of phenolic OH excluding ortho intramolecular Hbond substituents is 1. The Labute approximate surface area is 167 Å². The van der Waals surface area contributed by atoms with E-state index in [9.17, 15) is 14.7 Å². The van der Waals surface area contributed by atoms with Gasteiger partial charge in [-0.3, -0.25) is 0 Å². The molecule has 3 rings (SSSR count). The number of phenols is 1. The number of aromatic nitrogens is 2. The average Bonchev–Trinajstić information content (AvgIpc) is 3.15. The third kappa shape index (κ3) is 3.75. The lowest BCUT2D eigenvalue weighted by Crippen LogP contribution is -2.15. The average molecular weight is 392 g/mol. The van der Waals surface area contributed by atoms with Crippen molar-refractivity contribution in [3.63, 3.8) is 0 Å². The summed E-state index contributed by atoms with van der Waals surface area (Å²) in [5, 5.41) is 14.6. The SMILES string of the molecule is C=CCc1cc(-c2nn(-c3ccccc3)c(C(=O)OC)c2C(=O)OC)ccc1O. The number of esters is 2. The minimum absolute atomic E-state index is 0.0153. The van der Waals surface area contributed by atoms with E-state index in [0.29, 0.717) is 23.2 Å². The fourth-order valence-electron chi connectivity index (χ4n) is 3.01. The van der Waals surface area contributed by atoms with Crippen LogP contribution in [0.1, 0.15) is 26.4 Å². The Bertz CT molecular complexity index is 1070. The van der Waals surface area contributed by atoms with Crippen LogP contribution in [0, 0.1) is 0 Å². The van der Waals surface area contributed by atoms with Gasteiger partial charge in [0.25, 0.3) is 0 Å². The molecule has 0 saturated carbocycles. The zero-order chi connectivity index (χ0) is 21.0. The van der Waals surface area contributed by atoms with E-state index in [0.717, 1.165) is 0 Å². The number of rotatable bonds is 6. The van der Waals surface area contributed by atoms with Crippen LogP contribution in [0.4, 0.5) is 0 Å². The van der Waals surface area contributed by atoms with Gasteiger partial charge in [-0.2, -0.15) is 5.10 Å². The fraction of sp³-hybridized carbons (Fsp3) is 0.136. The van der Waals surface area contributed by atoms with Crippen LogP contribution in [0.5, 0.6) is 5.75 Å². The third-order valence-corrected chi connectivity index (χ3v) is 4.37. The maximum absolute atomic E-state index is 12.6. The molecule has 29 heavy (non-hydrogen) atoms. The van der Waals surface area contributed by atoms with Crippen molar-refractivity contribution >= 4 is 11.9 Å². The first-order valence-electron chi connectivity index (χ1n) is 8.80. The van der Waals surface area contributed by atoms with Gasteiger partial charge in [0.05, 0.1) is 19.9 Å². The molecule has 0 amide bonds. The number of hydrogen-bond donors (Lipinski definition) is 1. The van der Waals surface area contributed by atoms with Crippen molar-refractivity contribution in [2.45, 2.75) is 6.42 Å². The molecule has 3 aromatic rings. The van der Waals surface area contributed by atoms with E-state index in [2.05, 4.69) is 11.7 Å². The Morgan fingerprint density at radius 1 is 1.10 bits per heavy atom. The standard InChI is InChI=1S/C22H20N2O5/c1-4-8-14-13-15(11-12-17(14)25)19-18(21(26)28-2)20(22(27)29-3)24(23-19)16-9-6-5-7-10-16/h4-7,9-13,25H,1,8H2,2-3H3. The first kappa shape index (κ1) is 19.9. The molecule has 0 aliphatic rings. The minimum Gasteiger partial charge on any atom is -0.508 e. The van der Waals surface area contributed by atoms with Crippen LogP contribution < -0.4 is 0 Å². The maximum atomic E-state index is 12.6. The van der Waals surface area contributed by atoms with Crippen LogP contribution in [-0.4, -0.2) is 41.0 Å². The quantitative estimate of drug-likeness (QED) is 0.510. The van der Waals surface area contributed by atoms with Gasteiger partial charge in [-0.25, -0.2) is 14.3 Å². The van der Waals surface area contributed by atoms with Crippen LogP contribution in [0.15, 0.2) is 61.2 Å². The molecule has 0 bridgehead atoms. The van der Waals surface area contributed by atoms with Crippen molar-refractivity contribution in [2.75, 3.05) is 14.2 Å². The van der Waals surface area contributed by atoms with Gasteiger partial charge >= 0.3 is 11.9 Å². The number of hydrogen-bond acceptors (Lipinski definition) is 6. The molecule has 1 aromatic heterocycles. The molecule has 0 fully saturated rings. The van der Waals surface area contributed by atoms with Crippen molar-refractivity contribution < 1.29 is 24.2 Å². The van der Waals surface area contributed by atoms with Gasteiger partial charge in [0, 0.05) is 5.56 Å². The Kier molecular flexibility index (Phi) is 5.78. The van der Waals surface area contributed by atoms with Crippen molar-refractivity contribution in [3.8, 4) is 22.7 Å². The highest BCUT2D eigenvalue weighted by atomic mass is 16.5. The summed E-state index contributed by atoms with van der Waals surface area (Å²) in [7, 11) is 2.46. The van der Waals surface area contributed by atoms with Gasteiger partial charge < -0.3 is 14.6 Å². The largest absolute Gasteiger partial charge is 0.508 e. The normalized spacial score (nSPS) is 10.4. The number of benzene rings is 2. The second-order valence-corrected chi connectivity index (χ2v) is 6.14. The van der Waals surface area contributed by atoms with E-state index in [-0.39, 0.29) is 22.7 Å². The summed E-state index contributed by atoms with van der Waals surface area (Å²) < 4.78 is 11.2. The molecule has 1 heterocycles. The van der Waals surface area contributed by atoms with E-state index in [1.54, 1.807) is 42.5 Å². The molecule has 0 aliphatic carbocycles. The van der Waals surface area contributed by atoms with Gasteiger partial charge in [0.2, 0.25) is 0 Å². The highest BCUT2D eigenvalue weighted by molar-refractivity contribution is 6.06. The van der Waals surface area contributed by atoms with Crippen molar-refractivity contribution in [1.29, 1.82) is 0 Å². The van der Waals surface area contributed by atoms with Gasteiger partial charge in [0.15, 0.2) is 5.69 Å². The predicted molar refractivity (Wildman–Crippen MR) is 107 cm³/mol. The maximum Gasteiger partial charge on any atom is 0.357 e. The van der Waals surface area contributed by atoms with Crippen molar-refractivity contribution in [2.24, 2.45) is 0 Å². The molecule has 0 spiro atoms. The van der Waals surface area contributed by atoms with Gasteiger partial charge in [-0.05, 0) is 42.3 Å². The summed E-state index contributed by atoms with van der Waals surface area (Å²) >= 11 is 0. The highest BCUT2D eigenvalue weighted by Crippen LogP contribution is 2.32. The summed E-state index contributed by atoms with van der Waals surface area (Å²) in [5.41, 5.74) is 1.92. The third-order valence-electron chi connectivity index (χ3n) is 4.37. The summed E-state index contributed by atoms with van der Waals surface area (Å²) in [6, 6.07) is 13.7. The molecule has 2 aromatic carbocycles. The zero-order valence-corrected chi connectivity index (χ0v) is 16.1. The van der Waals surface area contributed by atoms with Gasteiger partial charge in [-0.1, -0.05) is 24.3 Å². The van der Waals surface area contributed by atoms with Crippen molar-refractivity contribution in [1.82, 2.24) is 9.78 Å². The second-order valence-electron chi connectivity index (χ2n) is 6.14. The Hall–Kier alpha value is -3.87. The molecule has 0 radical (unpaired) electrons. The monoisotopic (exact) mass is 392 g/mol. The summed E-state index contributed by atoms with van der Waals surface area (Å²) in [4.78, 5) is 25.2. The number of carbonyl (C=O) groups excluding carboxylic acids is 2. The minimum atomic E-state index is -0.724. The number of nitrogens with zero attached hydrogens (tertiary/aromatic N) is 2. The molecule has 1 N–H and O–H groups in total. The number of carbonyl (C=O) groups is 2. The number of methoxy groups -OCH3 is 2. The van der Waals surface area contributed by atoms with E-state index < -0.39 is 11.9 Å². The molecular weight excluding hydrogens is 372 g/mol. The summed E-state index contributed by atoms with van der Waals surface area (Å²) in [5.74, 6) is -1.34. The highest BCUT2D eigenvalue weighted by Gasteiger charge is 2.31.